The summed E-state index contributed by atoms with van der Waals surface area (Å²) in [5, 5.41) is 0. The summed E-state index contributed by atoms with van der Waals surface area (Å²) in [6.07, 6.45) is 4.44. The van der Waals surface area contributed by atoms with Crippen LogP contribution in [0.25, 0.3) is 0 Å². The van der Waals surface area contributed by atoms with Gasteiger partial charge in [0.25, 0.3) is 0 Å². The Labute approximate surface area is 73.2 Å². The molecule has 4 nitrogen and oxygen atoms in total. The first-order valence-electron chi connectivity index (χ1n) is 3.63. The van der Waals surface area contributed by atoms with Crippen LogP contribution in [0.2, 0.25) is 0 Å². The zero-order valence-electron chi connectivity index (χ0n) is 6.44. The van der Waals surface area contributed by atoms with Crippen molar-refractivity contribution < 1.29 is 19.1 Å². The van der Waals surface area contributed by atoms with Gasteiger partial charge >= 0.3 is 11.9 Å². The molecule has 1 saturated heterocycles. The molecule has 2 rings (SSSR count). The van der Waals surface area contributed by atoms with Gasteiger partial charge in [-0.2, -0.15) is 0 Å². The van der Waals surface area contributed by atoms with Crippen molar-refractivity contribution in [1.29, 1.82) is 0 Å². The van der Waals surface area contributed by atoms with Crippen LogP contribution in [0.1, 0.15) is 0 Å². The number of hydrogen-bond acceptors (Lipinski definition) is 4. The second kappa shape index (κ2) is 2.54. The first-order valence-corrected chi connectivity index (χ1v) is 3.63. The van der Waals surface area contributed by atoms with E-state index in [0.717, 1.165) is 0 Å². The van der Waals surface area contributed by atoms with Crippen molar-refractivity contribution in [2.24, 2.45) is 5.92 Å². The first-order chi connectivity index (χ1) is 6.24. The third-order valence-electron chi connectivity index (χ3n) is 1.96. The Morgan fingerprint density at radius 2 is 2.15 bits per heavy atom. The maximum absolute atomic E-state index is 11.1. The standard InChI is InChI=1S/C9H4O4/c10-4-5-2-1-3-6-7(5)9(12)13-8(6)11/h1-3,7H. The Morgan fingerprint density at radius 1 is 1.38 bits per heavy atom. The molecule has 0 bridgehead atoms. The van der Waals surface area contributed by atoms with Crippen LogP contribution in [0.15, 0.2) is 29.4 Å². The quantitative estimate of drug-likeness (QED) is 0.294. The molecule has 1 aliphatic carbocycles. The molecule has 13 heavy (non-hydrogen) atoms. The van der Waals surface area contributed by atoms with E-state index in [9.17, 15) is 14.4 Å². The van der Waals surface area contributed by atoms with Crippen molar-refractivity contribution in [1.82, 2.24) is 0 Å². The second-order valence-corrected chi connectivity index (χ2v) is 2.68. The van der Waals surface area contributed by atoms with Crippen LogP contribution < -0.4 is 0 Å². The molecule has 0 saturated carbocycles. The maximum Gasteiger partial charge on any atom is 0.342 e. The van der Waals surface area contributed by atoms with Crippen molar-refractivity contribution in [2.75, 3.05) is 0 Å². The Bertz CT molecular complexity index is 407. The van der Waals surface area contributed by atoms with Crippen LogP contribution in [-0.2, 0) is 19.1 Å². The smallest absolute Gasteiger partial charge is 0.342 e. The van der Waals surface area contributed by atoms with E-state index in [4.69, 9.17) is 0 Å². The Hall–Kier alpha value is -1.93. The molecule has 0 aromatic heterocycles. The van der Waals surface area contributed by atoms with E-state index in [1.165, 1.54) is 18.2 Å². The predicted molar refractivity (Wildman–Crippen MR) is 41.0 cm³/mol. The SMILES string of the molecule is O=C=C1C=CC=C2C(=O)OC(=O)C12. The minimum Gasteiger partial charge on any atom is -0.389 e. The zero-order valence-corrected chi connectivity index (χ0v) is 6.44. The third-order valence-corrected chi connectivity index (χ3v) is 1.96. The lowest BCUT2D eigenvalue weighted by Gasteiger charge is -2.06. The van der Waals surface area contributed by atoms with E-state index < -0.39 is 17.9 Å². The summed E-state index contributed by atoms with van der Waals surface area (Å²) in [6, 6.07) is 0. The molecule has 0 N–H and O–H groups in total. The first kappa shape index (κ1) is 7.71. The van der Waals surface area contributed by atoms with Crippen LogP contribution >= 0.6 is 0 Å². The largest absolute Gasteiger partial charge is 0.389 e. The van der Waals surface area contributed by atoms with Crippen LogP contribution in [0, 0.1) is 5.92 Å². The Kier molecular flexibility index (Phi) is 1.50. The van der Waals surface area contributed by atoms with E-state index in [-0.39, 0.29) is 11.1 Å². The summed E-state index contributed by atoms with van der Waals surface area (Å²) < 4.78 is 4.35. The minimum absolute atomic E-state index is 0.147. The number of cyclic esters (lactones) is 2. The van der Waals surface area contributed by atoms with Crippen LogP contribution in [0.3, 0.4) is 0 Å². The fourth-order valence-electron chi connectivity index (χ4n) is 1.36. The molecule has 1 atom stereocenters. The van der Waals surface area contributed by atoms with Crippen molar-refractivity contribution in [3.63, 3.8) is 0 Å². The second-order valence-electron chi connectivity index (χ2n) is 2.68. The average Bonchev–Trinajstić information content (AvgIpc) is 2.43. The van der Waals surface area contributed by atoms with Crippen LogP contribution in [0.5, 0.6) is 0 Å². The molecule has 0 amide bonds. The molecule has 0 aromatic carbocycles. The van der Waals surface area contributed by atoms with E-state index in [1.54, 1.807) is 5.94 Å². The monoisotopic (exact) mass is 176 g/mol. The fraction of sp³-hybridized carbons (Fsp3) is 0.111. The molecule has 1 unspecified atom stereocenters. The van der Waals surface area contributed by atoms with Crippen LogP contribution in [-0.4, -0.2) is 17.9 Å². The molecule has 1 aliphatic heterocycles. The maximum atomic E-state index is 11.1. The van der Waals surface area contributed by atoms with Gasteiger partial charge in [-0.1, -0.05) is 12.2 Å². The summed E-state index contributed by atoms with van der Waals surface area (Å²) >= 11 is 0. The van der Waals surface area contributed by atoms with E-state index >= 15 is 0 Å². The summed E-state index contributed by atoms with van der Waals surface area (Å²) in [6.45, 7) is 0. The van der Waals surface area contributed by atoms with Gasteiger partial charge in [-0.15, -0.1) is 0 Å². The van der Waals surface area contributed by atoms with E-state index in [2.05, 4.69) is 4.74 Å². The molecule has 0 spiro atoms. The number of ether oxygens (including phenoxy) is 1. The molecular weight excluding hydrogens is 172 g/mol. The summed E-state index contributed by atoms with van der Waals surface area (Å²) in [5.41, 5.74) is 0.360. The van der Waals surface area contributed by atoms with Crippen molar-refractivity contribution in [3.05, 3.63) is 29.4 Å². The minimum atomic E-state index is -0.852. The van der Waals surface area contributed by atoms with E-state index in [0.29, 0.717) is 0 Å². The average molecular weight is 176 g/mol. The summed E-state index contributed by atoms with van der Waals surface area (Å²) in [5.74, 6) is -0.609. The van der Waals surface area contributed by atoms with E-state index in [1.807, 2.05) is 0 Å². The van der Waals surface area contributed by atoms with Gasteiger partial charge in [-0.3, -0.25) is 4.79 Å². The molecular formula is C9H4O4. The van der Waals surface area contributed by atoms with Crippen molar-refractivity contribution in [3.8, 4) is 0 Å². The highest BCUT2D eigenvalue weighted by atomic mass is 16.6. The molecule has 1 fully saturated rings. The highest BCUT2D eigenvalue weighted by Crippen LogP contribution is 2.31. The van der Waals surface area contributed by atoms with Gasteiger partial charge in [0.15, 0.2) is 0 Å². The van der Waals surface area contributed by atoms with Gasteiger partial charge in [0.1, 0.15) is 11.9 Å². The third kappa shape index (κ3) is 0.965. The van der Waals surface area contributed by atoms with Gasteiger partial charge in [-0.25, -0.2) is 9.59 Å². The van der Waals surface area contributed by atoms with Gasteiger partial charge in [0.2, 0.25) is 0 Å². The Balaban J connectivity index is 2.56. The van der Waals surface area contributed by atoms with Gasteiger partial charge < -0.3 is 4.74 Å². The lowest BCUT2D eigenvalue weighted by molar-refractivity contribution is -0.152. The molecule has 0 aromatic rings. The normalized spacial score (nSPS) is 25.1. The molecule has 2 aliphatic rings. The van der Waals surface area contributed by atoms with Gasteiger partial charge in [0.05, 0.1) is 11.1 Å². The lowest BCUT2D eigenvalue weighted by Crippen LogP contribution is -2.13. The number of esters is 2. The molecule has 64 valence electrons. The summed E-state index contributed by atoms with van der Waals surface area (Å²) in [7, 11) is 0. The lowest BCUT2D eigenvalue weighted by atomic mass is 9.90. The number of fused-ring (bicyclic) bond motifs is 1. The Morgan fingerprint density at radius 3 is 2.85 bits per heavy atom. The number of rotatable bonds is 0. The fourth-order valence-corrected chi connectivity index (χ4v) is 1.36. The topological polar surface area (TPSA) is 60.4 Å². The van der Waals surface area contributed by atoms with Crippen molar-refractivity contribution >= 4 is 17.9 Å². The number of allylic oxidation sites excluding steroid dienone is 3. The van der Waals surface area contributed by atoms with Gasteiger partial charge in [0, 0.05) is 0 Å². The summed E-state index contributed by atoms with van der Waals surface area (Å²) in [4.78, 5) is 32.5. The number of carbonyl (C=O) groups is 2. The predicted octanol–water partition coefficient (Wildman–Crippen LogP) is -0.0598. The molecule has 0 radical (unpaired) electrons. The molecule has 1 heterocycles. The van der Waals surface area contributed by atoms with Crippen LogP contribution in [0.4, 0.5) is 0 Å². The molecule has 4 heteroatoms. The van der Waals surface area contributed by atoms with Crippen molar-refractivity contribution in [2.45, 2.75) is 0 Å². The zero-order chi connectivity index (χ0) is 9.42. The number of hydrogen-bond donors (Lipinski definition) is 0. The van der Waals surface area contributed by atoms with Gasteiger partial charge in [-0.05, 0) is 6.08 Å². The highest BCUT2D eigenvalue weighted by Gasteiger charge is 2.42. The highest BCUT2D eigenvalue weighted by molar-refractivity contribution is 6.10. The number of carbonyl (C=O) groups excluding carboxylic acids is 3.